The third-order valence-electron chi connectivity index (χ3n) is 2.59. The van der Waals surface area contributed by atoms with Crippen LogP contribution in [0.5, 0.6) is 0 Å². The van der Waals surface area contributed by atoms with Crippen molar-refractivity contribution in [3.05, 3.63) is 18.2 Å². The van der Waals surface area contributed by atoms with Crippen LogP contribution >= 0.6 is 0 Å². The minimum atomic E-state index is -0.114. The van der Waals surface area contributed by atoms with E-state index in [1.807, 2.05) is 18.7 Å². The Bertz CT molecular complexity index is 304. The van der Waals surface area contributed by atoms with Crippen molar-refractivity contribution in [2.75, 3.05) is 6.54 Å². The van der Waals surface area contributed by atoms with Gasteiger partial charge < -0.3 is 4.90 Å². The van der Waals surface area contributed by atoms with E-state index in [0.29, 0.717) is 11.5 Å². The zero-order valence-corrected chi connectivity index (χ0v) is 8.07. The van der Waals surface area contributed by atoms with Gasteiger partial charge in [-0.1, -0.05) is 6.08 Å². The number of carbonyl (C=O) groups excluding carboxylic acids is 1. The van der Waals surface area contributed by atoms with Gasteiger partial charge in [-0.15, -0.1) is 0 Å². The van der Waals surface area contributed by atoms with Crippen LogP contribution in [0.3, 0.4) is 0 Å². The van der Waals surface area contributed by atoms with Crippen molar-refractivity contribution in [1.82, 2.24) is 4.90 Å². The molecule has 0 bridgehead atoms. The molecule has 73 valence electrons. The number of rotatable bonds is 2. The topological polar surface area (TPSA) is 44.1 Å². The lowest BCUT2D eigenvalue weighted by molar-refractivity contribution is -0.124. The van der Waals surface area contributed by atoms with Gasteiger partial charge >= 0.3 is 0 Å². The summed E-state index contributed by atoms with van der Waals surface area (Å²) in [6.45, 7) is 2.66. The zero-order valence-electron chi connectivity index (χ0n) is 8.07. The molecule has 2 rings (SSSR count). The Morgan fingerprint density at radius 2 is 2.36 bits per heavy atom. The summed E-state index contributed by atoms with van der Waals surface area (Å²) < 4.78 is 0. The molecule has 0 aromatic heterocycles. The van der Waals surface area contributed by atoms with Gasteiger partial charge in [-0.05, 0) is 31.6 Å². The minimum Gasteiger partial charge on any atom is -0.333 e. The summed E-state index contributed by atoms with van der Waals surface area (Å²) in [7, 11) is 0. The lowest BCUT2D eigenvalue weighted by Gasteiger charge is -2.13. The van der Waals surface area contributed by atoms with E-state index in [9.17, 15) is 4.79 Å². The summed E-state index contributed by atoms with van der Waals surface area (Å²) in [5.41, 5.74) is 0.325. The fraction of sp³-hybridized carbons (Fsp3) is 0.545. The number of amides is 1. The van der Waals surface area contributed by atoms with Gasteiger partial charge in [0, 0.05) is 6.54 Å². The molecule has 1 amide bonds. The van der Waals surface area contributed by atoms with Crippen LogP contribution in [0.1, 0.15) is 25.7 Å². The van der Waals surface area contributed by atoms with Gasteiger partial charge in [0.2, 0.25) is 0 Å². The van der Waals surface area contributed by atoms with Crippen LogP contribution in [0.15, 0.2) is 11.6 Å². The van der Waals surface area contributed by atoms with Gasteiger partial charge in [0.25, 0.3) is 5.91 Å². The Morgan fingerprint density at radius 3 is 2.86 bits per heavy atom. The van der Waals surface area contributed by atoms with Crippen molar-refractivity contribution in [3.8, 4) is 6.07 Å². The number of allylic oxidation sites excluding steroid dienone is 1. The van der Waals surface area contributed by atoms with E-state index in [1.54, 1.807) is 4.90 Å². The number of carbonyl (C=O) groups is 1. The molecule has 1 saturated carbocycles. The second kappa shape index (κ2) is 3.83. The summed E-state index contributed by atoms with van der Waals surface area (Å²) in [6.07, 6.45) is 6.06. The zero-order chi connectivity index (χ0) is 9.97. The van der Waals surface area contributed by atoms with Gasteiger partial charge in [0.05, 0.1) is 6.54 Å². The van der Waals surface area contributed by atoms with E-state index in [1.165, 1.54) is 0 Å². The van der Waals surface area contributed by atoms with E-state index in [4.69, 9.17) is 5.26 Å². The van der Waals surface area contributed by atoms with Crippen LogP contribution in [0.2, 0.25) is 0 Å². The fourth-order valence-electron chi connectivity index (χ4n) is 1.59. The third kappa shape index (κ3) is 1.95. The van der Waals surface area contributed by atoms with Crippen LogP contribution in [-0.4, -0.2) is 17.4 Å². The fourth-order valence-corrected chi connectivity index (χ4v) is 1.59. The third-order valence-corrected chi connectivity index (χ3v) is 2.59. The van der Waals surface area contributed by atoms with Crippen LogP contribution < -0.4 is 0 Å². The molecular weight excluding hydrogens is 176 g/mol. The van der Waals surface area contributed by atoms with Crippen molar-refractivity contribution in [1.29, 1.82) is 5.26 Å². The van der Waals surface area contributed by atoms with Crippen molar-refractivity contribution >= 4 is 5.91 Å². The first kappa shape index (κ1) is 9.26. The molecule has 0 atom stereocenters. The van der Waals surface area contributed by atoms with Gasteiger partial charge in [0.1, 0.15) is 11.6 Å². The summed E-state index contributed by atoms with van der Waals surface area (Å²) in [4.78, 5) is 13.4. The largest absolute Gasteiger partial charge is 0.333 e. The SMILES string of the molecule is N#CC(=CC1CC1)C(=O)N1[CH]CCC1. The van der Waals surface area contributed by atoms with Crippen LogP contribution in [-0.2, 0) is 4.79 Å². The first-order valence-corrected chi connectivity index (χ1v) is 5.07. The van der Waals surface area contributed by atoms with Crippen molar-refractivity contribution in [2.45, 2.75) is 25.7 Å². The molecule has 1 radical (unpaired) electrons. The van der Waals surface area contributed by atoms with Gasteiger partial charge in [0.15, 0.2) is 0 Å². The number of nitriles is 1. The average molecular weight is 189 g/mol. The number of nitrogens with zero attached hydrogens (tertiary/aromatic N) is 2. The Kier molecular flexibility index (Phi) is 2.53. The lowest BCUT2D eigenvalue weighted by Crippen LogP contribution is -2.26. The number of hydrogen-bond acceptors (Lipinski definition) is 2. The first-order valence-electron chi connectivity index (χ1n) is 5.07. The van der Waals surface area contributed by atoms with E-state index < -0.39 is 0 Å². The second-order valence-corrected chi connectivity index (χ2v) is 3.85. The van der Waals surface area contributed by atoms with E-state index >= 15 is 0 Å². The molecule has 0 aromatic rings. The summed E-state index contributed by atoms with van der Waals surface area (Å²) in [6, 6.07) is 2.00. The van der Waals surface area contributed by atoms with Crippen LogP contribution in [0, 0.1) is 23.8 Å². The summed E-state index contributed by atoms with van der Waals surface area (Å²) in [5.74, 6) is 0.369. The molecule has 1 aliphatic heterocycles. The molecule has 0 aromatic carbocycles. The maximum Gasteiger partial charge on any atom is 0.264 e. The average Bonchev–Trinajstić information content (AvgIpc) is 2.84. The van der Waals surface area contributed by atoms with Crippen molar-refractivity contribution < 1.29 is 4.79 Å². The van der Waals surface area contributed by atoms with Crippen molar-refractivity contribution in [2.24, 2.45) is 5.92 Å². The normalized spacial score (nSPS) is 22.2. The highest BCUT2D eigenvalue weighted by Gasteiger charge is 2.25. The highest BCUT2D eigenvalue weighted by molar-refractivity contribution is 5.97. The summed E-state index contributed by atoms with van der Waals surface area (Å²) in [5, 5.41) is 8.85. The Morgan fingerprint density at radius 1 is 1.57 bits per heavy atom. The molecule has 1 aliphatic carbocycles. The minimum absolute atomic E-state index is 0.114. The summed E-state index contributed by atoms with van der Waals surface area (Å²) >= 11 is 0. The van der Waals surface area contributed by atoms with Crippen LogP contribution in [0.25, 0.3) is 0 Å². The standard InChI is InChI=1S/C11H13N2O/c12-8-10(7-9-3-4-9)11(14)13-5-1-2-6-13/h5,7,9H,1-4,6H2. The first-order chi connectivity index (χ1) is 6.81. The number of likely N-dealkylation sites (tertiary alicyclic amines) is 1. The molecule has 14 heavy (non-hydrogen) atoms. The molecule has 0 spiro atoms. The van der Waals surface area contributed by atoms with E-state index in [2.05, 4.69) is 0 Å². The smallest absolute Gasteiger partial charge is 0.264 e. The van der Waals surface area contributed by atoms with Crippen LogP contribution in [0.4, 0.5) is 0 Å². The predicted octanol–water partition coefficient (Wildman–Crippen LogP) is 1.63. The maximum absolute atomic E-state index is 11.7. The maximum atomic E-state index is 11.7. The molecule has 2 aliphatic rings. The second-order valence-electron chi connectivity index (χ2n) is 3.85. The monoisotopic (exact) mass is 189 g/mol. The molecule has 1 saturated heterocycles. The number of hydrogen-bond donors (Lipinski definition) is 0. The van der Waals surface area contributed by atoms with Gasteiger partial charge in [-0.3, -0.25) is 4.79 Å². The predicted molar refractivity (Wildman–Crippen MR) is 51.7 cm³/mol. The highest BCUT2D eigenvalue weighted by atomic mass is 16.2. The molecule has 2 fully saturated rings. The molecule has 0 unspecified atom stereocenters. The highest BCUT2D eigenvalue weighted by Crippen LogP contribution is 2.31. The molecule has 1 heterocycles. The molecule has 3 nitrogen and oxygen atoms in total. The lowest BCUT2D eigenvalue weighted by atomic mass is 10.2. The quantitative estimate of drug-likeness (QED) is 0.489. The van der Waals surface area contributed by atoms with E-state index in [-0.39, 0.29) is 5.91 Å². The van der Waals surface area contributed by atoms with Crippen molar-refractivity contribution in [3.63, 3.8) is 0 Å². The van der Waals surface area contributed by atoms with E-state index in [0.717, 1.165) is 32.2 Å². The van der Waals surface area contributed by atoms with Gasteiger partial charge in [-0.25, -0.2) is 0 Å². The molecule has 0 N–H and O–H groups in total. The molecular formula is C11H13N2O. The molecule has 3 heteroatoms. The van der Waals surface area contributed by atoms with Gasteiger partial charge in [-0.2, -0.15) is 5.26 Å². The Balaban J connectivity index is 2.03. The Labute approximate surface area is 84.0 Å². The Hall–Kier alpha value is -1.30.